The van der Waals surface area contributed by atoms with Crippen LogP contribution in [0.3, 0.4) is 0 Å². The van der Waals surface area contributed by atoms with Crippen molar-refractivity contribution in [2.45, 2.75) is 20.3 Å². The Morgan fingerprint density at radius 2 is 1.79 bits per heavy atom. The highest BCUT2D eigenvalue weighted by Gasteiger charge is 2.14. The molecule has 0 saturated heterocycles. The molecule has 0 N–H and O–H groups in total. The molecule has 0 radical (unpaired) electrons. The maximum atomic E-state index is 12.9. The molecular formula is C21H23NOS. The summed E-state index contributed by atoms with van der Waals surface area (Å²) in [7, 11) is 0. The predicted octanol–water partition coefficient (Wildman–Crippen LogP) is 5.02. The Labute approximate surface area is 147 Å². The molecule has 1 heterocycles. The summed E-state index contributed by atoms with van der Waals surface area (Å²) in [6.45, 7) is 7.57. The first-order valence-corrected chi connectivity index (χ1v) is 9.43. The molecule has 2 aromatic carbocycles. The lowest BCUT2D eigenvalue weighted by atomic mass is 10.0. The van der Waals surface area contributed by atoms with E-state index in [9.17, 15) is 4.79 Å². The molecule has 0 aliphatic carbocycles. The number of carbonyl (C=O) groups excluding carboxylic acids is 1. The Bertz CT molecular complexity index is 827. The Morgan fingerprint density at radius 1 is 1.04 bits per heavy atom. The van der Waals surface area contributed by atoms with Gasteiger partial charge in [0.2, 0.25) is 5.78 Å². The van der Waals surface area contributed by atoms with Gasteiger partial charge < -0.3 is 4.90 Å². The SMILES string of the molecule is CCN(CC)CCc1csc(C(=O)c2cccc3ccccc23)c1. The van der Waals surface area contributed by atoms with Crippen LogP contribution in [0.25, 0.3) is 10.8 Å². The van der Waals surface area contributed by atoms with Gasteiger partial charge in [-0.2, -0.15) is 0 Å². The minimum absolute atomic E-state index is 0.130. The summed E-state index contributed by atoms with van der Waals surface area (Å²) in [5.74, 6) is 0.130. The third-order valence-electron chi connectivity index (χ3n) is 4.52. The first-order chi connectivity index (χ1) is 11.7. The van der Waals surface area contributed by atoms with Crippen molar-refractivity contribution in [3.63, 3.8) is 0 Å². The van der Waals surface area contributed by atoms with Crippen molar-refractivity contribution in [2.24, 2.45) is 0 Å². The number of hydrogen-bond donors (Lipinski definition) is 0. The third kappa shape index (κ3) is 3.58. The maximum Gasteiger partial charge on any atom is 0.203 e. The molecule has 0 aliphatic rings. The standard InChI is InChI=1S/C21H23NOS/c1-3-22(4-2)13-12-16-14-20(24-15-16)21(23)19-11-7-9-17-8-5-6-10-18(17)19/h5-11,14-15H,3-4,12-13H2,1-2H3. The molecule has 3 aromatic rings. The van der Waals surface area contributed by atoms with Gasteiger partial charge in [0.15, 0.2) is 0 Å². The Kier molecular flexibility index (Phi) is 5.44. The van der Waals surface area contributed by atoms with Gasteiger partial charge in [-0.15, -0.1) is 11.3 Å². The minimum atomic E-state index is 0.130. The number of rotatable bonds is 7. The van der Waals surface area contributed by atoms with Crippen molar-refractivity contribution in [3.8, 4) is 0 Å². The largest absolute Gasteiger partial charge is 0.304 e. The molecule has 0 spiro atoms. The van der Waals surface area contributed by atoms with Gasteiger partial charge in [-0.3, -0.25) is 4.79 Å². The fraction of sp³-hybridized carbons (Fsp3) is 0.286. The molecular weight excluding hydrogens is 314 g/mol. The Balaban J connectivity index is 1.80. The van der Waals surface area contributed by atoms with Crippen LogP contribution in [-0.2, 0) is 6.42 Å². The average molecular weight is 337 g/mol. The first-order valence-electron chi connectivity index (χ1n) is 8.55. The number of thiophene rings is 1. The van der Waals surface area contributed by atoms with Crippen LogP contribution in [0.5, 0.6) is 0 Å². The monoisotopic (exact) mass is 337 g/mol. The predicted molar refractivity (Wildman–Crippen MR) is 103 cm³/mol. The second kappa shape index (κ2) is 7.73. The highest BCUT2D eigenvalue weighted by Crippen LogP contribution is 2.24. The number of nitrogens with zero attached hydrogens (tertiary/aromatic N) is 1. The third-order valence-corrected chi connectivity index (χ3v) is 5.50. The molecule has 0 atom stereocenters. The molecule has 0 bridgehead atoms. The van der Waals surface area contributed by atoms with Crippen molar-refractivity contribution >= 4 is 27.9 Å². The summed E-state index contributed by atoms with van der Waals surface area (Å²) >= 11 is 1.56. The van der Waals surface area contributed by atoms with E-state index in [0.717, 1.165) is 47.3 Å². The summed E-state index contributed by atoms with van der Waals surface area (Å²) < 4.78 is 0. The van der Waals surface area contributed by atoms with Crippen LogP contribution in [0.2, 0.25) is 0 Å². The molecule has 124 valence electrons. The van der Waals surface area contributed by atoms with Crippen molar-refractivity contribution in [1.82, 2.24) is 4.90 Å². The zero-order valence-electron chi connectivity index (χ0n) is 14.3. The fourth-order valence-electron chi connectivity index (χ4n) is 3.01. The molecule has 24 heavy (non-hydrogen) atoms. The van der Waals surface area contributed by atoms with Crippen molar-refractivity contribution in [2.75, 3.05) is 19.6 Å². The van der Waals surface area contributed by atoms with Crippen LogP contribution >= 0.6 is 11.3 Å². The first kappa shape index (κ1) is 16.9. The van der Waals surface area contributed by atoms with E-state index in [-0.39, 0.29) is 5.78 Å². The quantitative estimate of drug-likeness (QED) is 0.564. The van der Waals surface area contributed by atoms with E-state index in [1.54, 1.807) is 11.3 Å². The summed E-state index contributed by atoms with van der Waals surface area (Å²) in [4.78, 5) is 16.2. The second-order valence-corrected chi connectivity index (χ2v) is 6.86. The van der Waals surface area contributed by atoms with Gasteiger partial charge in [0.25, 0.3) is 0 Å². The summed E-state index contributed by atoms with van der Waals surface area (Å²) in [6.07, 6.45) is 1.00. The Hall–Kier alpha value is -1.97. The zero-order valence-corrected chi connectivity index (χ0v) is 15.1. The average Bonchev–Trinajstić information content (AvgIpc) is 3.10. The number of hydrogen-bond acceptors (Lipinski definition) is 3. The van der Waals surface area contributed by atoms with Gasteiger partial charge in [-0.1, -0.05) is 56.3 Å². The van der Waals surface area contributed by atoms with E-state index in [1.807, 2.05) is 30.3 Å². The van der Waals surface area contributed by atoms with Crippen LogP contribution < -0.4 is 0 Å². The molecule has 0 unspecified atom stereocenters. The lowest BCUT2D eigenvalue weighted by molar-refractivity contribution is 0.104. The van der Waals surface area contributed by atoms with Crippen molar-refractivity contribution in [1.29, 1.82) is 0 Å². The summed E-state index contributed by atoms with van der Waals surface area (Å²) in [5, 5.41) is 4.27. The van der Waals surface area contributed by atoms with Crippen LogP contribution in [0.1, 0.15) is 34.6 Å². The highest BCUT2D eigenvalue weighted by molar-refractivity contribution is 7.12. The van der Waals surface area contributed by atoms with E-state index < -0.39 is 0 Å². The molecule has 3 heteroatoms. The van der Waals surface area contributed by atoms with Gasteiger partial charge >= 0.3 is 0 Å². The van der Waals surface area contributed by atoms with E-state index in [1.165, 1.54) is 5.56 Å². The molecule has 2 nitrogen and oxygen atoms in total. The molecule has 0 amide bonds. The van der Waals surface area contributed by atoms with Crippen LogP contribution in [0.15, 0.2) is 53.9 Å². The lowest BCUT2D eigenvalue weighted by Crippen LogP contribution is -2.25. The molecule has 0 fully saturated rings. The normalized spacial score (nSPS) is 11.3. The lowest BCUT2D eigenvalue weighted by Gasteiger charge is -2.16. The summed E-state index contributed by atoms with van der Waals surface area (Å²) in [5.41, 5.74) is 2.06. The van der Waals surface area contributed by atoms with Gasteiger partial charge in [-0.25, -0.2) is 0 Å². The van der Waals surface area contributed by atoms with Crippen molar-refractivity contribution < 1.29 is 4.79 Å². The Morgan fingerprint density at radius 3 is 2.58 bits per heavy atom. The molecule has 3 rings (SSSR count). The van der Waals surface area contributed by atoms with E-state index in [4.69, 9.17) is 0 Å². The number of ketones is 1. The number of fused-ring (bicyclic) bond motifs is 1. The van der Waals surface area contributed by atoms with Crippen LogP contribution in [-0.4, -0.2) is 30.3 Å². The van der Waals surface area contributed by atoms with Gasteiger partial charge in [-0.05, 0) is 47.3 Å². The smallest absolute Gasteiger partial charge is 0.203 e. The van der Waals surface area contributed by atoms with Gasteiger partial charge in [0.05, 0.1) is 4.88 Å². The fourth-order valence-corrected chi connectivity index (χ4v) is 3.91. The van der Waals surface area contributed by atoms with Crippen LogP contribution in [0, 0.1) is 0 Å². The van der Waals surface area contributed by atoms with Gasteiger partial charge in [0.1, 0.15) is 0 Å². The van der Waals surface area contributed by atoms with E-state index in [2.05, 4.69) is 42.3 Å². The van der Waals surface area contributed by atoms with E-state index in [0.29, 0.717) is 0 Å². The van der Waals surface area contributed by atoms with E-state index >= 15 is 0 Å². The number of likely N-dealkylation sites (N-methyl/N-ethyl adjacent to an activating group) is 1. The number of carbonyl (C=O) groups is 1. The molecule has 0 saturated carbocycles. The second-order valence-electron chi connectivity index (χ2n) is 5.95. The minimum Gasteiger partial charge on any atom is -0.304 e. The van der Waals surface area contributed by atoms with Gasteiger partial charge in [0, 0.05) is 12.1 Å². The number of benzene rings is 2. The topological polar surface area (TPSA) is 20.3 Å². The van der Waals surface area contributed by atoms with Crippen LogP contribution in [0.4, 0.5) is 0 Å². The maximum absolute atomic E-state index is 12.9. The molecule has 1 aromatic heterocycles. The highest BCUT2D eigenvalue weighted by atomic mass is 32.1. The van der Waals surface area contributed by atoms with Crippen molar-refractivity contribution in [3.05, 3.63) is 69.9 Å². The molecule has 0 aliphatic heterocycles. The summed E-state index contributed by atoms with van der Waals surface area (Å²) in [6, 6.07) is 16.1. The zero-order chi connectivity index (χ0) is 16.9.